The van der Waals surface area contributed by atoms with Crippen LogP contribution in [0.3, 0.4) is 0 Å². The van der Waals surface area contributed by atoms with Crippen molar-refractivity contribution >= 4 is 33.4 Å². The van der Waals surface area contributed by atoms with Gasteiger partial charge in [-0.25, -0.2) is 9.37 Å². The Morgan fingerprint density at radius 2 is 2.03 bits per heavy atom. The van der Waals surface area contributed by atoms with Crippen LogP contribution in [0.15, 0.2) is 53.6 Å². The second-order valence-corrected chi connectivity index (χ2v) is 8.62. The van der Waals surface area contributed by atoms with E-state index < -0.39 is 5.82 Å². The maximum Gasteiger partial charge on any atom is 0.269 e. The number of fused-ring (bicyclic) bond motifs is 3. The van der Waals surface area contributed by atoms with Crippen LogP contribution in [-0.4, -0.2) is 70.2 Å². The molecule has 0 spiro atoms. The molecule has 35 heavy (non-hydrogen) atoms. The second kappa shape index (κ2) is 9.40. The molecule has 0 saturated carbocycles. The Balaban J connectivity index is 1.34. The van der Waals surface area contributed by atoms with Gasteiger partial charge in [0.25, 0.3) is 11.5 Å². The van der Waals surface area contributed by atoms with Gasteiger partial charge in [-0.05, 0) is 42.0 Å². The van der Waals surface area contributed by atoms with Crippen molar-refractivity contribution in [1.82, 2.24) is 25.2 Å². The number of anilines is 1. The minimum Gasteiger partial charge on any atom is -0.395 e. The molecule has 5 rings (SSSR count). The number of aliphatic hydroxyl groups excluding tert-OH is 1. The summed E-state index contributed by atoms with van der Waals surface area (Å²) in [5.41, 5.74) is 2.99. The number of hydrogen-bond acceptors (Lipinski definition) is 7. The first-order valence-electron chi connectivity index (χ1n) is 11.3. The zero-order chi connectivity index (χ0) is 24.5. The molecule has 1 unspecified atom stereocenters. The molecule has 1 atom stereocenters. The molecule has 10 heteroatoms. The first kappa shape index (κ1) is 22.9. The lowest BCUT2D eigenvalue weighted by molar-refractivity contribution is 0.0958. The average molecular weight is 477 g/mol. The number of piperazine rings is 1. The smallest absolute Gasteiger partial charge is 0.269 e. The number of benzene rings is 1. The molecule has 4 aromatic rings. The van der Waals surface area contributed by atoms with Crippen LogP contribution in [0.4, 0.5) is 10.1 Å². The number of amides is 1. The van der Waals surface area contributed by atoms with Crippen LogP contribution in [0, 0.1) is 5.82 Å². The van der Waals surface area contributed by atoms with Crippen molar-refractivity contribution in [1.29, 1.82) is 0 Å². The van der Waals surface area contributed by atoms with Crippen molar-refractivity contribution in [2.24, 2.45) is 0 Å². The molecule has 4 heterocycles. The summed E-state index contributed by atoms with van der Waals surface area (Å²) in [6, 6.07) is 9.44. The van der Waals surface area contributed by atoms with Crippen LogP contribution in [0.1, 0.15) is 16.1 Å². The van der Waals surface area contributed by atoms with Gasteiger partial charge >= 0.3 is 0 Å². The molecule has 1 aromatic carbocycles. The number of pyridine rings is 3. The van der Waals surface area contributed by atoms with Crippen LogP contribution in [-0.2, 0) is 6.54 Å². The lowest BCUT2D eigenvalue weighted by Crippen LogP contribution is -2.54. The second-order valence-electron chi connectivity index (χ2n) is 8.62. The number of nitrogens with zero attached hydrogens (tertiary/aromatic N) is 4. The number of aliphatic hydroxyl groups is 1. The van der Waals surface area contributed by atoms with Gasteiger partial charge in [0.15, 0.2) is 0 Å². The molecule has 3 aromatic heterocycles. The number of carbonyl (C=O) groups excluding carboxylic acids is 1. The Kier molecular flexibility index (Phi) is 6.14. The zero-order valence-corrected chi connectivity index (χ0v) is 19.2. The van der Waals surface area contributed by atoms with Crippen LogP contribution in [0.5, 0.6) is 0 Å². The summed E-state index contributed by atoms with van der Waals surface area (Å²) in [5, 5.41) is 13.5. The number of rotatable bonds is 5. The molecule has 1 amide bonds. The number of carbonyl (C=O) groups is 1. The molecule has 1 saturated heterocycles. The Hall–Kier alpha value is -3.89. The highest BCUT2D eigenvalue weighted by Crippen LogP contribution is 2.23. The summed E-state index contributed by atoms with van der Waals surface area (Å²) in [6.45, 7) is 2.57. The lowest BCUT2D eigenvalue weighted by atomic mass is 10.1. The fourth-order valence-corrected chi connectivity index (χ4v) is 4.58. The van der Waals surface area contributed by atoms with Gasteiger partial charge in [-0.2, -0.15) is 0 Å². The van der Waals surface area contributed by atoms with Crippen molar-refractivity contribution in [3.05, 3.63) is 76.2 Å². The Morgan fingerprint density at radius 1 is 1.17 bits per heavy atom. The van der Waals surface area contributed by atoms with Gasteiger partial charge in [-0.1, -0.05) is 0 Å². The normalized spacial score (nSPS) is 16.7. The first-order chi connectivity index (χ1) is 17.0. The number of halogens is 1. The maximum atomic E-state index is 13.6. The van der Waals surface area contributed by atoms with Gasteiger partial charge in [0, 0.05) is 44.8 Å². The standard InChI is InChI=1S/C25H25FN6O3/c1-27-25(35)21-5-3-17(11-28-21)32-7-6-31(18(13-32)14-33)12-15-8-22-23(29-10-15)19-4-2-16(26)9-20(19)24(34)30-22/h2-5,8-11,18,33H,6-7,12-14H2,1H3,(H,27,35)(H,30,34). The van der Waals surface area contributed by atoms with Crippen molar-refractivity contribution in [2.75, 3.05) is 38.2 Å². The highest BCUT2D eigenvalue weighted by Gasteiger charge is 2.27. The quantitative estimate of drug-likeness (QED) is 0.375. The maximum absolute atomic E-state index is 13.6. The first-order valence-corrected chi connectivity index (χ1v) is 11.3. The molecule has 0 radical (unpaired) electrons. The van der Waals surface area contributed by atoms with E-state index in [0.717, 1.165) is 17.8 Å². The third kappa shape index (κ3) is 4.45. The molecule has 1 aliphatic heterocycles. The topological polar surface area (TPSA) is 114 Å². The van der Waals surface area contributed by atoms with Crippen molar-refractivity contribution in [3.63, 3.8) is 0 Å². The minimum absolute atomic E-state index is 0.0195. The van der Waals surface area contributed by atoms with Crippen molar-refractivity contribution < 1.29 is 14.3 Å². The number of nitrogens with one attached hydrogen (secondary N) is 2. The molecule has 0 aliphatic carbocycles. The van der Waals surface area contributed by atoms with E-state index in [2.05, 4.69) is 30.1 Å². The monoisotopic (exact) mass is 476 g/mol. The largest absolute Gasteiger partial charge is 0.395 e. The van der Waals surface area contributed by atoms with E-state index in [4.69, 9.17) is 0 Å². The van der Waals surface area contributed by atoms with Gasteiger partial charge in [0.2, 0.25) is 0 Å². The van der Waals surface area contributed by atoms with Gasteiger partial charge in [-0.15, -0.1) is 0 Å². The van der Waals surface area contributed by atoms with Crippen LogP contribution < -0.4 is 15.8 Å². The molecular formula is C25H25FN6O3. The van der Waals surface area contributed by atoms with Gasteiger partial charge in [0.05, 0.1) is 41.0 Å². The predicted molar refractivity (Wildman–Crippen MR) is 131 cm³/mol. The molecule has 0 bridgehead atoms. The van der Waals surface area contributed by atoms with E-state index in [1.54, 1.807) is 31.6 Å². The Morgan fingerprint density at radius 3 is 2.77 bits per heavy atom. The Bertz CT molecular complexity index is 1460. The lowest BCUT2D eigenvalue weighted by Gasteiger charge is -2.41. The minimum atomic E-state index is -0.466. The van der Waals surface area contributed by atoms with E-state index >= 15 is 0 Å². The van der Waals surface area contributed by atoms with E-state index in [9.17, 15) is 19.1 Å². The Labute approximate surface area is 200 Å². The number of H-pyrrole nitrogens is 1. The summed E-state index contributed by atoms with van der Waals surface area (Å²) < 4.78 is 13.6. The molecular weight excluding hydrogens is 451 g/mol. The summed E-state index contributed by atoms with van der Waals surface area (Å²) in [6.07, 6.45) is 3.43. The third-order valence-corrected chi connectivity index (χ3v) is 6.45. The summed E-state index contributed by atoms with van der Waals surface area (Å²) in [7, 11) is 1.56. The fraction of sp³-hybridized carbons (Fsp3) is 0.280. The SMILES string of the molecule is CNC(=O)c1ccc(N2CCN(Cc3cnc4c(c3)[nH]c(=O)c3cc(F)ccc34)C(CO)C2)cn1. The highest BCUT2D eigenvalue weighted by atomic mass is 19.1. The molecule has 9 nitrogen and oxygen atoms in total. The van der Waals surface area contributed by atoms with Crippen LogP contribution in [0.2, 0.25) is 0 Å². The van der Waals surface area contributed by atoms with Gasteiger partial charge in [0.1, 0.15) is 11.5 Å². The summed E-state index contributed by atoms with van der Waals surface area (Å²) in [4.78, 5) is 40.1. The number of aromatic amines is 1. The van der Waals surface area contributed by atoms with E-state index in [1.807, 2.05) is 12.1 Å². The van der Waals surface area contributed by atoms with Crippen LogP contribution in [0.25, 0.3) is 21.8 Å². The van der Waals surface area contributed by atoms with Gasteiger partial charge < -0.3 is 20.3 Å². The molecule has 3 N–H and O–H groups in total. The number of aromatic nitrogens is 3. The van der Waals surface area contributed by atoms with Gasteiger partial charge in [-0.3, -0.25) is 19.5 Å². The third-order valence-electron chi connectivity index (χ3n) is 6.45. The highest BCUT2D eigenvalue weighted by molar-refractivity contribution is 6.02. The van der Waals surface area contributed by atoms with Crippen LogP contribution >= 0.6 is 0 Å². The molecule has 1 aliphatic rings. The molecule has 1 fully saturated rings. The van der Waals surface area contributed by atoms with E-state index in [1.165, 1.54) is 12.1 Å². The summed E-state index contributed by atoms with van der Waals surface area (Å²) in [5.74, 6) is -0.702. The van der Waals surface area contributed by atoms with E-state index in [0.29, 0.717) is 41.7 Å². The zero-order valence-electron chi connectivity index (χ0n) is 19.2. The predicted octanol–water partition coefficient (Wildman–Crippen LogP) is 1.65. The van der Waals surface area contributed by atoms with Crippen molar-refractivity contribution in [3.8, 4) is 0 Å². The van der Waals surface area contributed by atoms with E-state index in [-0.39, 0.29) is 29.5 Å². The fourth-order valence-electron chi connectivity index (χ4n) is 4.58. The average Bonchev–Trinajstić information content (AvgIpc) is 2.88. The molecule has 180 valence electrons. The summed E-state index contributed by atoms with van der Waals surface area (Å²) >= 11 is 0. The number of hydrogen-bond donors (Lipinski definition) is 3. The van der Waals surface area contributed by atoms with Crippen molar-refractivity contribution in [2.45, 2.75) is 12.6 Å².